The second kappa shape index (κ2) is 15.7. The Labute approximate surface area is 281 Å². The topological polar surface area (TPSA) is 150 Å². The van der Waals surface area contributed by atoms with Crippen molar-refractivity contribution in [2.45, 2.75) is 75.1 Å². The number of rotatable bonds is 12. The van der Waals surface area contributed by atoms with Gasteiger partial charge in [0, 0.05) is 51.8 Å². The van der Waals surface area contributed by atoms with Crippen LogP contribution in [0.4, 0.5) is 4.79 Å². The van der Waals surface area contributed by atoms with Crippen LogP contribution in [0.3, 0.4) is 0 Å². The number of likely N-dealkylation sites (tertiary alicyclic amines) is 1. The van der Waals surface area contributed by atoms with E-state index in [4.69, 9.17) is 9.47 Å². The van der Waals surface area contributed by atoms with E-state index in [1.807, 2.05) is 24.3 Å². The van der Waals surface area contributed by atoms with Gasteiger partial charge >= 0.3 is 6.09 Å². The second-order valence-electron chi connectivity index (χ2n) is 13.0. The van der Waals surface area contributed by atoms with Crippen LogP contribution >= 0.6 is 0 Å². The Bertz CT molecular complexity index is 1450. The smallest absolute Gasteiger partial charge is 0.407 e. The number of amides is 4. The molecule has 0 aromatic heterocycles. The van der Waals surface area contributed by atoms with Gasteiger partial charge in [-0.15, -0.1) is 0 Å². The number of carbonyl (C=O) groups is 4. The molecule has 12 heteroatoms. The highest BCUT2D eigenvalue weighted by molar-refractivity contribution is 6.00. The molecule has 2 aromatic carbocycles. The maximum absolute atomic E-state index is 14.0. The summed E-state index contributed by atoms with van der Waals surface area (Å²) in [6, 6.07) is 13.9. The molecule has 12 nitrogen and oxygen atoms in total. The minimum absolute atomic E-state index is 0.0707. The number of piperazine rings is 1. The first-order valence-electron chi connectivity index (χ1n) is 16.8. The monoisotopic (exact) mass is 661 g/mol. The van der Waals surface area contributed by atoms with Gasteiger partial charge in [0.25, 0.3) is 5.91 Å². The number of hydrogen-bond donors (Lipinski definition) is 4. The molecule has 2 saturated heterocycles. The zero-order valence-corrected chi connectivity index (χ0v) is 27.7. The van der Waals surface area contributed by atoms with Gasteiger partial charge < -0.3 is 35.4 Å². The predicted octanol–water partition coefficient (Wildman–Crippen LogP) is 3.50. The Morgan fingerprint density at radius 2 is 1.65 bits per heavy atom. The first kappa shape index (κ1) is 34.9. The number of hydrogen-bond acceptors (Lipinski definition) is 8. The van der Waals surface area contributed by atoms with Gasteiger partial charge in [-0.2, -0.15) is 0 Å². The van der Waals surface area contributed by atoms with Crippen LogP contribution in [0.25, 0.3) is 0 Å². The van der Waals surface area contributed by atoms with Crippen LogP contribution in [-0.2, 0) is 20.9 Å². The van der Waals surface area contributed by atoms with Crippen LogP contribution in [0.2, 0.25) is 0 Å². The van der Waals surface area contributed by atoms with E-state index in [0.29, 0.717) is 62.4 Å². The third kappa shape index (κ3) is 8.35. The van der Waals surface area contributed by atoms with E-state index in [1.54, 1.807) is 36.2 Å². The predicted molar refractivity (Wildman–Crippen MR) is 179 cm³/mol. The lowest BCUT2D eigenvalue weighted by Crippen LogP contribution is -2.74. The maximum Gasteiger partial charge on any atom is 0.407 e. The summed E-state index contributed by atoms with van der Waals surface area (Å²) in [5.41, 5.74) is -0.384. The number of nitrogens with one attached hydrogen (secondary N) is 3. The molecule has 5 rings (SSSR count). The number of benzene rings is 2. The van der Waals surface area contributed by atoms with E-state index < -0.39 is 23.3 Å². The average molecular weight is 662 g/mol. The molecule has 2 aliphatic heterocycles. The van der Waals surface area contributed by atoms with Crippen LogP contribution in [0, 0.1) is 0 Å². The molecule has 3 aliphatic rings. The van der Waals surface area contributed by atoms with E-state index in [1.165, 1.54) is 6.08 Å². The Morgan fingerprint density at radius 3 is 2.27 bits per heavy atom. The number of aliphatic hydroxyl groups is 1. The second-order valence-corrected chi connectivity index (χ2v) is 13.0. The molecule has 3 fully saturated rings. The van der Waals surface area contributed by atoms with E-state index in [9.17, 15) is 24.3 Å². The van der Waals surface area contributed by atoms with Gasteiger partial charge in [0.1, 0.15) is 29.7 Å². The molecule has 2 aromatic rings. The van der Waals surface area contributed by atoms with Crippen molar-refractivity contribution in [1.82, 2.24) is 25.8 Å². The van der Waals surface area contributed by atoms with Crippen LogP contribution in [0.15, 0.2) is 61.2 Å². The van der Waals surface area contributed by atoms with Crippen LogP contribution in [0.5, 0.6) is 11.5 Å². The van der Waals surface area contributed by atoms with E-state index >= 15 is 0 Å². The van der Waals surface area contributed by atoms with Crippen molar-refractivity contribution in [2.75, 3.05) is 39.8 Å². The minimum Gasteiger partial charge on any atom is -0.457 e. The highest BCUT2D eigenvalue weighted by Crippen LogP contribution is 2.37. The molecule has 4 amide bonds. The number of ether oxygens (including phenoxy) is 2. The zero-order chi connectivity index (χ0) is 34.1. The first-order valence-corrected chi connectivity index (χ1v) is 16.8. The summed E-state index contributed by atoms with van der Waals surface area (Å²) in [5, 5.41) is 19.5. The summed E-state index contributed by atoms with van der Waals surface area (Å²) in [4.78, 5) is 55.6. The normalized spacial score (nSPS) is 20.5. The Balaban J connectivity index is 1.21. The molecule has 1 aliphatic carbocycles. The third-order valence-corrected chi connectivity index (χ3v) is 9.71. The lowest BCUT2D eigenvalue weighted by atomic mass is 9.77. The van der Waals surface area contributed by atoms with Gasteiger partial charge in [0.2, 0.25) is 11.8 Å². The minimum atomic E-state index is -1.04. The molecular formula is C36H47N5O7. The fourth-order valence-corrected chi connectivity index (χ4v) is 7.04. The number of carbonyl (C=O) groups excluding carboxylic acids is 4. The molecule has 0 radical (unpaired) electrons. The summed E-state index contributed by atoms with van der Waals surface area (Å²) in [6.45, 7) is 5.75. The van der Waals surface area contributed by atoms with Crippen molar-refractivity contribution in [2.24, 2.45) is 0 Å². The van der Waals surface area contributed by atoms with Crippen LogP contribution < -0.4 is 20.7 Å². The standard InChI is InChI=1S/C36H47N5O7/c1-3-23-47-34(45)38-19-22-41-32(43)30(24-35(46)15-5-4-6-16-35)39-33(44)36(41)17-20-40(21-18-36)25-26-7-11-28(12-8-26)48-29-13-9-27(10-14-29)31(42)37-2/h3,7-14,30,46H,1,4-6,15-25H2,2H3,(H,37,42)(H,38,45)(H,39,44)/t30-/m1/s1. The van der Waals surface area contributed by atoms with Gasteiger partial charge in [-0.1, -0.05) is 44.1 Å². The summed E-state index contributed by atoms with van der Waals surface area (Å²) < 4.78 is 11.0. The van der Waals surface area contributed by atoms with Crippen molar-refractivity contribution in [1.29, 1.82) is 0 Å². The highest BCUT2D eigenvalue weighted by Gasteiger charge is 2.54. The maximum atomic E-state index is 14.0. The van der Waals surface area contributed by atoms with Crippen molar-refractivity contribution < 1.29 is 33.8 Å². The average Bonchev–Trinajstić information content (AvgIpc) is 3.09. The molecule has 0 unspecified atom stereocenters. The number of nitrogens with zero attached hydrogens (tertiary/aromatic N) is 2. The number of piperidine rings is 1. The summed E-state index contributed by atoms with van der Waals surface area (Å²) in [5.74, 6) is 0.717. The van der Waals surface area contributed by atoms with Gasteiger partial charge in [-0.05, 0) is 67.6 Å². The van der Waals surface area contributed by atoms with Gasteiger partial charge in [0.05, 0.1) is 5.60 Å². The van der Waals surface area contributed by atoms with Crippen molar-refractivity contribution in [3.63, 3.8) is 0 Å². The first-order chi connectivity index (χ1) is 23.1. The zero-order valence-electron chi connectivity index (χ0n) is 27.7. The molecule has 4 N–H and O–H groups in total. The molecule has 1 saturated carbocycles. The molecule has 0 bridgehead atoms. The van der Waals surface area contributed by atoms with Crippen LogP contribution in [-0.4, -0.2) is 95.7 Å². The Morgan fingerprint density at radius 1 is 1.00 bits per heavy atom. The van der Waals surface area contributed by atoms with Gasteiger partial charge in [-0.25, -0.2) is 4.79 Å². The Kier molecular flexibility index (Phi) is 11.4. The van der Waals surface area contributed by atoms with E-state index in [0.717, 1.165) is 24.8 Å². The SMILES string of the molecule is C=CCOC(=O)NCCN1C(=O)[C@@H](CC2(O)CCCCC2)NC(=O)C12CCN(Cc1ccc(Oc3ccc(C(=O)NC)cc3)cc1)CC2. The molecular weight excluding hydrogens is 614 g/mol. The fraction of sp³-hybridized carbons (Fsp3) is 0.500. The highest BCUT2D eigenvalue weighted by atomic mass is 16.5. The van der Waals surface area contributed by atoms with Gasteiger partial charge in [0.15, 0.2) is 0 Å². The van der Waals surface area contributed by atoms with Crippen LogP contribution in [0.1, 0.15) is 67.3 Å². The summed E-state index contributed by atoms with van der Waals surface area (Å²) in [7, 11) is 1.59. The van der Waals surface area contributed by atoms with Crippen molar-refractivity contribution in [3.8, 4) is 11.5 Å². The van der Waals surface area contributed by atoms with E-state index in [2.05, 4.69) is 27.4 Å². The number of alkyl carbamates (subject to hydrolysis) is 1. The lowest BCUT2D eigenvalue weighted by molar-refractivity contribution is -0.163. The lowest BCUT2D eigenvalue weighted by Gasteiger charge is -2.52. The third-order valence-electron chi connectivity index (χ3n) is 9.71. The van der Waals surface area contributed by atoms with Crippen molar-refractivity contribution in [3.05, 3.63) is 72.3 Å². The fourth-order valence-electron chi connectivity index (χ4n) is 7.04. The molecule has 2 heterocycles. The molecule has 258 valence electrons. The quantitative estimate of drug-likeness (QED) is 0.253. The summed E-state index contributed by atoms with van der Waals surface area (Å²) in [6.07, 6.45) is 6.00. The largest absolute Gasteiger partial charge is 0.457 e. The molecule has 1 atom stereocenters. The Hall–Kier alpha value is -4.42. The molecule has 48 heavy (non-hydrogen) atoms. The van der Waals surface area contributed by atoms with E-state index in [-0.39, 0.29) is 43.8 Å². The van der Waals surface area contributed by atoms with Gasteiger partial charge in [-0.3, -0.25) is 19.3 Å². The summed E-state index contributed by atoms with van der Waals surface area (Å²) >= 11 is 0. The molecule has 1 spiro atoms. The van der Waals surface area contributed by atoms with Crippen molar-refractivity contribution >= 4 is 23.8 Å².